The fourth-order valence-electron chi connectivity index (χ4n) is 1.38. The molecule has 2 nitrogen and oxygen atoms in total. The molecule has 0 saturated heterocycles. The second kappa shape index (κ2) is 5.32. The number of unbranched alkanes of at least 4 members (excludes halogenated alkanes) is 1. The van der Waals surface area contributed by atoms with E-state index in [1.807, 2.05) is 6.20 Å². The highest BCUT2D eigenvalue weighted by atomic mass is 32.1. The molecule has 0 saturated carbocycles. The van der Waals surface area contributed by atoms with Gasteiger partial charge in [-0.25, -0.2) is 4.98 Å². The van der Waals surface area contributed by atoms with Crippen molar-refractivity contribution in [2.75, 3.05) is 0 Å². The summed E-state index contributed by atoms with van der Waals surface area (Å²) in [4.78, 5) is 4.38. The van der Waals surface area contributed by atoms with Gasteiger partial charge in [0.15, 0.2) is 0 Å². The van der Waals surface area contributed by atoms with Crippen molar-refractivity contribution in [3.63, 3.8) is 0 Å². The molecule has 0 radical (unpaired) electrons. The fraction of sp³-hybridized carbons (Fsp3) is 0.700. The number of aryl methyl sites for hydroxylation is 2. The smallest absolute Gasteiger partial charge is 0.111 e. The first-order valence-corrected chi connectivity index (χ1v) is 5.47. The zero-order valence-electron chi connectivity index (χ0n) is 8.45. The van der Waals surface area contributed by atoms with Crippen LogP contribution >= 0.6 is 12.6 Å². The maximum absolute atomic E-state index is 4.38. The first kappa shape index (κ1) is 10.6. The van der Waals surface area contributed by atoms with E-state index in [0.717, 1.165) is 24.4 Å². The number of aromatic nitrogens is 2. The molecule has 13 heavy (non-hydrogen) atoms. The van der Waals surface area contributed by atoms with Gasteiger partial charge < -0.3 is 4.57 Å². The van der Waals surface area contributed by atoms with Gasteiger partial charge in [-0.05, 0) is 12.8 Å². The topological polar surface area (TPSA) is 17.8 Å². The van der Waals surface area contributed by atoms with Crippen LogP contribution in [-0.4, -0.2) is 9.55 Å². The molecular formula is C10H18N2S. The van der Waals surface area contributed by atoms with Crippen molar-refractivity contribution >= 4 is 12.6 Å². The van der Waals surface area contributed by atoms with E-state index < -0.39 is 0 Å². The molecule has 0 aliphatic carbocycles. The highest BCUT2D eigenvalue weighted by Gasteiger charge is 2.03. The van der Waals surface area contributed by atoms with Crippen molar-refractivity contribution in [2.45, 2.75) is 51.1 Å². The molecule has 0 aliphatic rings. The third kappa shape index (κ3) is 3.07. The number of thiol groups is 1. The molecule has 1 aromatic rings. The van der Waals surface area contributed by atoms with Crippen molar-refractivity contribution in [2.24, 2.45) is 0 Å². The van der Waals surface area contributed by atoms with Crippen molar-refractivity contribution in [3.05, 3.63) is 12.0 Å². The summed E-state index contributed by atoms with van der Waals surface area (Å²) < 4.78 is 2.23. The molecule has 0 fully saturated rings. The van der Waals surface area contributed by atoms with E-state index in [0.29, 0.717) is 0 Å². The maximum Gasteiger partial charge on any atom is 0.111 e. The van der Waals surface area contributed by atoms with E-state index in [9.17, 15) is 0 Å². The Hall–Kier alpha value is -0.440. The van der Waals surface area contributed by atoms with Crippen LogP contribution in [0, 0.1) is 0 Å². The lowest BCUT2D eigenvalue weighted by Crippen LogP contribution is -2.02. The number of hydrogen-bond acceptors (Lipinski definition) is 2. The number of imidazole rings is 1. The monoisotopic (exact) mass is 198 g/mol. The Balaban J connectivity index is 2.66. The van der Waals surface area contributed by atoms with Crippen LogP contribution in [0.4, 0.5) is 0 Å². The van der Waals surface area contributed by atoms with Crippen LogP contribution in [0.15, 0.2) is 11.2 Å². The van der Waals surface area contributed by atoms with E-state index in [1.54, 1.807) is 0 Å². The fourth-order valence-corrected chi connectivity index (χ4v) is 1.64. The summed E-state index contributed by atoms with van der Waals surface area (Å²) in [7, 11) is 0. The number of rotatable bonds is 5. The minimum Gasteiger partial charge on any atom is -0.334 e. The maximum atomic E-state index is 4.38. The number of nitrogens with zero attached hydrogens (tertiary/aromatic N) is 2. The molecular weight excluding hydrogens is 180 g/mol. The second-order valence-electron chi connectivity index (χ2n) is 3.31. The molecule has 0 amide bonds. The van der Waals surface area contributed by atoms with Crippen LogP contribution in [0.25, 0.3) is 0 Å². The zero-order chi connectivity index (χ0) is 9.68. The van der Waals surface area contributed by atoms with Gasteiger partial charge in [-0.1, -0.05) is 20.3 Å². The summed E-state index contributed by atoms with van der Waals surface area (Å²) in [5.74, 6) is 1.18. The Morgan fingerprint density at radius 1 is 1.38 bits per heavy atom. The standard InChI is InChI=1S/C10H18N2S/c1-3-5-7-12-8-10(13)11-9(12)6-4-2/h8,13H,3-7H2,1-2H3. The largest absolute Gasteiger partial charge is 0.334 e. The van der Waals surface area contributed by atoms with Gasteiger partial charge in [-0.3, -0.25) is 0 Å². The van der Waals surface area contributed by atoms with Gasteiger partial charge in [0.1, 0.15) is 10.9 Å². The summed E-state index contributed by atoms with van der Waals surface area (Å²) in [5, 5.41) is 0.847. The first-order chi connectivity index (χ1) is 6.27. The lowest BCUT2D eigenvalue weighted by atomic mass is 10.3. The summed E-state index contributed by atoms with van der Waals surface area (Å²) in [5.41, 5.74) is 0. The summed E-state index contributed by atoms with van der Waals surface area (Å²) >= 11 is 4.26. The predicted octanol–water partition coefficient (Wildman–Crippen LogP) is 2.92. The minimum atomic E-state index is 0.847. The van der Waals surface area contributed by atoms with E-state index >= 15 is 0 Å². The molecule has 0 aliphatic heterocycles. The highest BCUT2D eigenvalue weighted by molar-refractivity contribution is 7.80. The zero-order valence-corrected chi connectivity index (χ0v) is 9.35. The van der Waals surface area contributed by atoms with Gasteiger partial charge in [-0.2, -0.15) is 0 Å². The van der Waals surface area contributed by atoms with Crippen molar-refractivity contribution in [1.29, 1.82) is 0 Å². The average molecular weight is 198 g/mol. The third-order valence-corrected chi connectivity index (χ3v) is 2.29. The molecule has 1 heterocycles. The normalized spacial score (nSPS) is 10.7. The van der Waals surface area contributed by atoms with Gasteiger partial charge in [0, 0.05) is 19.2 Å². The quantitative estimate of drug-likeness (QED) is 0.720. The van der Waals surface area contributed by atoms with Crippen LogP contribution in [0.5, 0.6) is 0 Å². The van der Waals surface area contributed by atoms with Crippen molar-refractivity contribution < 1.29 is 0 Å². The van der Waals surface area contributed by atoms with Gasteiger partial charge in [0.25, 0.3) is 0 Å². The molecule has 0 aromatic carbocycles. The van der Waals surface area contributed by atoms with E-state index in [2.05, 4.69) is 36.0 Å². The third-order valence-electron chi connectivity index (χ3n) is 2.07. The Morgan fingerprint density at radius 3 is 2.77 bits per heavy atom. The van der Waals surface area contributed by atoms with Gasteiger partial charge in [0.05, 0.1) is 0 Å². The molecule has 0 bridgehead atoms. The highest BCUT2D eigenvalue weighted by Crippen LogP contribution is 2.10. The van der Waals surface area contributed by atoms with Gasteiger partial charge in [0.2, 0.25) is 0 Å². The Morgan fingerprint density at radius 2 is 2.15 bits per heavy atom. The average Bonchev–Trinajstić information content (AvgIpc) is 2.44. The SMILES string of the molecule is CCCCn1cc(S)nc1CCC. The molecule has 1 aromatic heterocycles. The molecule has 0 spiro atoms. The Kier molecular flexibility index (Phi) is 4.36. The van der Waals surface area contributed by atoms with E-state index in [4.69, 9.17) is 0 Å². The van der Waals surface area contributed by atoms with Gasteiger partial charge in [-0.15, -0.1) is 12.6 Å². The molecule has 0 atom stereocenters. The van der Waals surface area contributed by atoms with Crippen LogP contribution < -0.4 is 0 Å². The molecule has 0 unspecified atom stereocenters. The van der Waals surface area contributed by atoms with Crippen LogP contribution in [-0.2, 0) is 13.0 Å². The summed E-state index contributed by atoms with van der Waals surface area (Å²) in [6, 6.07) is 0. The summed E-state index contributed by atoms with van der Waals surface area (Å²) in [6.45, 7) is 5.47. The molecule has 3 heteroatoms. The van der Waals surface area contributed by atoms with Crippen LogP contribution in [0.2, 0.25) is 0 Å². The summed E-state index contributed by atoms with van der Waals surface area (Å²) in [6.07, 6.45) is 6.69. The van der Waals surface area contributed by atoms with Crippen molar-refractivity contribution in [3.8, 4) is 0 Å². The lowest BCUT2D eigenvalue weighted by Gasteiger charge is -2.04. The Labute approximate surface area is 85.8 Å². The van der Waals surface area contributed by atoms with Crippen LogP contribution in [0.1, 0.15) is 38.9 Å². The minimum absolute atomic E-state index is 0.847. The Bertz CT molecular complexity index is 255. The van der Waals surface area contributed by atoms with E-state index in [1.165, 1.54) is 18.7 Å². The van der Waals surface area contributed by atoms with Gasteiger partial charge >= 0.3 is 0 Å². The predicted molar refractivity (Wildman–Crippen MR) is 58.4 cm³/mol. The second-order valence-corrected chi connectivity index (χ2v) is 3.77. The molecule has 0 N–H and O–H groups in total. The van der Waals surface area contributed by atoms with E-state index in [-0.39, 0.29) is 0 Å². The molecule has 1 rings (SSSR count). The number of hydrogen-bond donors (Lipinski definition) is 1. The van der Waals surface area contributed by atoms with Crippen molar-refractivity contribution in [1.82, 2.24) is 9.55 Å². The lowest BCUT2D eigenvalue weighted by molar-refractivity contribution is 0.598. The first-order valence-electron chi connectivity index (χ1n) is 5.03. The molecule has 74 valence electrons. The van der Waals surface area contributed by atoms with Crippen LogP contribution in [0.3, 0.4) is 0 Å².